The van der Waals surface area contributed by atoms with Crippen LogP contribution in [0.1, 0.15) is 248 Å². The Balaban J connectivity index is 1.23. The van der Waals surface area contributed by atoms with Crippen LogP contribution in [0.25, 0.3) is 0 Å². The molecule has 2 aliphatic heterocycles. The van der Waals surface area contributed by atoms with Crippen LogP contribution in [0.3, 0.4) is 0 Å². The number of fused-ring (bicyclic) bond motifs is 2. The fourth-order valence-electron chi connectivity index (χ4n) is 10.4. The molecule has 0 spiro atoms. The lowest BCUT2D eigenvalue weighted by Gasteiger charge is -2.29. The van der Waals surface area contributed by atoms with Crippen LogP contribution in [-0.4, -0.2) is 118 Å². The first kappa shape index (κ1) is 60.6. The largest absolute Gasteiger partial charge is 0.390 e. The highest BCUT2D eigenvalue weighted by atomic mass is 16.3. The minimum absolute atomic E-state index is 0.0363. The summed E-state index contributed by atoms with van der Waals surface area (Å²) in [6.45, 7) is 8.40. The van der Waals surface area contributed by atoms with Crippen molar-refractivity contribution in [1.82, 2.24) is 19.6 Å². The van der Waals surface area contributed by atoms with Crippen molar-refractivity contribution in [2.45, 2.75) is 219 Å². The van der Waals surface area contributed by atoms with Crippen molar-refractivity contribution in [2.24, 2.45) is 0 Å². The molecule has 2 aromatic carbocycles. The van der Waals surface area contributed by atoms with Gasteiger partial charge in [0, 0.05) is 13.1 Å². The molecule has 0 radical (unpaired) electrons. The van der Waals surface area contributed by atoms with Crippen molar-refractivity contribution < 1.29 is 29.4 Å². The first-order valence-electron chi connectivity index (χ1n) is 29.3. The summed E-state index contributed by atoms with van der Waals surface area (Å²) in [7, 11) is 0. The van der Waals surface area contributed by atoms with E-state index in [0.717, 1.165) is 77.5 Å². The van der Waals surface area contributed by atoms with Crippen molar-refractivity contribution in [3.05, 3.63) is 95.1 Å². The van der Waals surface area contributed by atoms with E-state index in [1.807, 2.05) is 0 Å². The summed E-state index contributed by atoms with van der Waals surface area (Å²) in [4.78, 5) is 59.5. The lowest BCUT2D eigenvalue weighted by atomic mass is 10.1. The predicted molar refractivity (Wildman–Crippen MR) is 297 cm³/mol. The molecule has 2 aromatic rings. The van der Waals surface area contributed by atoms with Crippen molar-refractivity contribution in [2.75, 3.05) is 52.4 Å². The third-order valence-electron chi connectivity index (χ3n) is 14.7. The smallest absolute Gasteiger partial charge is 0.261 e. The van der Waals surface area contributed by atoms with Gasteiger partial charge in [-0.05, 0) is 127 Å². The Kier molecular flexibility index (Phi) is 31.7. The molecular weight excluding hydrogens is 897 g/mol. The molecule has 0 fully saturated rings. The SMILES string of the molecule is CCCCCCCCC=CCCCCCCCCN(CCCCN(CCCCCCCCC=CCCCCCCCC)CC(O)CN1C(=O)c2ccccc2C1=O)CC(O)CN1C(=O)c2ccccc2C1=O. The molecule has 2 unspecified atom stereocenters. The Morgan fingerprint density at radius 3 is 0.889 bits per heavy atom. The highest BCUT2D eigenvalue weighted by molar-refractivity contribution is 6.22. The molecule has 4 rings (SSSR count). The third-order valence-corrected chi connectivity index (χ3v) is 14.7. The van der Waals surface area contributed by atoms with E-state index >= 15 is 0 Å². The number of rotatable bonds is 45. The topological polar surface area (TPSA) is 122 Å². The lowest BCUT2D eigenvalue weighted by Crippen LogP contribution is -2.43. The number of allylic oxidation sites excluding steroid dienone is 4. The molecule has 2 atom stereocenters. The molecule has 0 saturated carbocycles. The lowest BCUT2D eigenvalue weighted by molar-refractivity contribution is 0.0451. The summed E-state index contributed by atoms with van der Waals surface area (Å²) < 4.78 is 0. The molecule has 0 saturated heterocycles. The Morgan fingerprint density at radius 2 is 0.611 bits per heavy atom. The van der Waals surface area contributed by atoms with Crippen LogP contribution >= 0.6 is 0 Å². The number of amides is 4. The van der Waals surface area contributed by atoms with Gasteiger partial charge in [-0.1, -0.05) is 178 Å². The summed E-state index contributed by atoms with van der Waals surface area (Å²) in [6, 6.07) is 13.7. The van der Waals surface area contributed by atoms with Crippen molar-refractivity contribution in [3.63, 3.8) is 0 Å². The molecule has 10 nitrogen and oxygen atoms in total. The molecule has 2 aliphatic rings. The summed E-state index contributed by atoms with van der Waals surface area (Å²) in [6.07, 6.45) is 44.4. The summed E-state index contributed by atoms with van der Waals surface area (Å²) in [5, 5.41) is 22.7. The van der Waals surface area contributed by atoms with Crippen molar-refractivity contribution in [3.8, 4) is 0 Å². The van der Waals surface area contributed by atoms with Gasteiger partial charge in [0.1, 0.15) is 0 Å². The van der Waals surface area contributed by atoms with Gasteiger partial charge in [-0.25, -0.2) is 0 Å². The molecular formula is C62H98N4O6. The maximum atomic E-state index is 13.1. The van der Waals surface area contributed by atoms with Gasteiger partial charge in [-0.15, -0.1) is 0 Å². The van der Waals surface area contributed by atoms with Gasteiger partial charge in [0.25, 0.3) is 23.6 Å². The second-order valence-electron chi connectivity index (χ2n) is 21.0. The summed E-state index contributed by atoms with van der Waals surface area (Å²) >= 11 is 0. The Morgan fingerprint density at radius 1 is 0.375 bits per heavy atom. The fourth-order valence-corrected chi connectivity index (χ4v) is 10.4. The highest BCUT2D eigenvalue weighted by Crippen LogP contribution is 2.24. The average Bonchev–Trinajstić information content (AvgIpc) is 3.76. The van der Waals surface area contributed by atoms with Crippen LogP contribution in [0.4, 0.5) is 0 Å². The third kappa shape index (κ3) is 23.5. The van der Waals surface area contributed by atoms with E-state index in [9.17, 15) is 29.4 Å². The fraction of sp³-hybridized carbons (Fsp3) is 0.677. The number of aliphatic hydroxyl groups is 2. The second-order valence-corrected chi connectivity index (χ2v) is 21.0. The van der Waals surface area contributed by atoms with Crippen LogP contribution in [0.2, 0.25) is 0 Å². The van der Waals surface area contributed by atoms with E-state index in [1.165, 1.54) is 151 Å². The number of unbranched alkanes of at least 4 members (excludes halogenated alkanes) is 25. The molecule has 2 heterocycles. The maximum absolute atomic E-state index is 13.1. The first-order chi connectivity index (χ1) is 35.2. The van der Waals surface area contributed by atoms with Gasteiger partial charge >= 0.3 is 0 Å². The van der Waals surface area contributed by atoms with Gasteiger partial charge in [0.2, 0.25) is 0 Å². The maximum Gasteiger partial charge on any atom is 0.261 e. The second kappa shape index (κ2) is 37.7. The molecule has 402 valence electrons. The minimum atomic E-state index is -0.874. The van der Waals surface area contributed by atoms with Crippen LogP contribution < -0.4 is 0 Å². The van der Waals surface area contributed by atoms with Crippen LogP contribution in [0, 0.1) is 0 Å². The van der Waals surface area contributed by atoms with Crippen molar-refractivity contribution in [1.29, 1.82) is 0 Å². The normalized spacial score (nSPS) is 14.6. The summed E-state index contributed by atoms with van der Waals surface area (Å²) in [5.41, 5.74) is 1.58. The number of benzene rings is 2. The molecule has 10 heteroatoms. The van der Waals surface area contributed by atoms with Crippen molar-refractivity contribution >= 4 is 23.6 Å². The zero-order valence-corrected chi connectivity index (χ0v) is 45.3. The number of nitrogens with zero attached hydrogens (tertiary/aromatic N) is 4. The van der Waals surface area contributed by atoms with Gasteiger partial charge in [-0.3, -0.25) is 29.0 Å². The quantitative estimate of drug-likeness (QED) is 0.0382. The molecule has 0 bridgehead atoms. The molecule has 4 amide bonds. The van der Waals surface area contributed by atoms with E-state index in [1.54, 1.807) is 48.5 Å². The van der Waals surface area contributed by atoms with Gasteiger partial charge in [-0.2, -0.15) is 0 Å². The summed E-state index contributed by atoms with van der Waals surface area (Å²) in [5.74, 6) is -1.38. The van der Waals surface area contributed by atoms with Crippen LogP contribution in [0.5, 0.6) is 0 Å². The van der Waals surface area contributed by atoms with E-state index in [-0.39, 0.29) is 36.7 Å². The van der Waals surface area contributed by atoms with Gasteiger partial charge < -0.3 is 20.0 Å². The first-order valence-corrected chi connectivity index (χ1v) is 29.3. The van der Waals surface area contributed by atoms with Gasteiger partial charge in [0.05, 0.1) is 47.6 Å². The molecule has 0 aromatic heterocycles. The van der Waals surface area contributed by atoms with Crippen LogP contribution in [-0.2, 0) is 0 Å². The number of carbonyl (C=O) groups excluding carboxylic acids is 4. The monoisotopic (exact) mass is 995 g/mol. The minimum Gasteiger partial charge on any atom is -0.390 e. The van der Waals surface area contributed by atoms with Gasteiger partial charge in [0.15, 0.2) is 0 Å². The number of carbonyl (C=O) groups is 4. The number of imide groups is 2. The standard InChI is InChI=1S/C62H98N4O6/c1-3-5-7-9-11-13-15-17-19-21-23-25-27-29-31-37-45-63(49-53(67)51-65-59(69)55-41-33-34-42-56(55)60(65)70)47-39-40-48-64(50-54(68)52-66-61(71)57-43-35-36-44-58(57)62(66)72)46-38-32-30-28-26-24-22-20-18-16-14-12-10-8-6-4-2/h17-20,33-36,41-44,53-54,67-68H,3-16,21-32,37-40,45-52H2,1-2H3. The Hall–Kier alpha value is -3.96. The van der Waals surface area contributed by atoms with Crippen LogP contribution in [0.15, 0.2) is 72.8 Å². The average molecular weight is 995 g/mol. The van der Waals surface area contributed by atoms with E-state index in [0.29, 0.717) is 35.3 Å². The number of hydrogen-bond acceptors (Lipinski definition) is 8. The Labute approximate surface area is 437 Å². The van der Waals surface area contributed by atoms with E-state index < -0.39 is 12.2 Å². The predicted octanol–water partition coefficient (Wildman–Crippen LogP) is 13.8. The Bertz CT molecular complexity index is 1680. The van der Waals surface area contributed by atoms with E-state index in [2.05, 4.69) is 48.0 Å². The van der Waals surface area contributed by atoms with E-state index in [4.69, 9.17) is 0 Å². The molecule has 72 heavy (non-hydrogen) atoms. The number of β-amino-alcohol motifs (C(OH)–C–C–N with tert-alkyl or cyclic N) is 2. The highest BCUT2D eigenvalue weighted by Gasteiger charge is 2.37. The molecule has 0 aliphatic carbocycles. The zero-order chi connectivity index (χ0) is 51.4. The zero-order valence-electron chi connectivity index (χ0n) is 45.3. The number of aliphatic hydroxyl groups excluding tert-OH is 2. The molecule has 2 N–H and O–H groups in total. The number of hydrogen-bond donors (Lipinski definition) is 2.